The van der Waals surface area contributed by atoms with E-state index < -0.39 is 0 Å². The maximum atomic E-state index is 11.9. The van der Waals surface area contributed by atoms with Crippen molar-refractivity contribution < 1.29 is 9.59 Å². The fourth-order valence-electron chi connectivity index (χ4n) is 2.24. The maximum absolute atomic E-state index is 11.9. The molecule has 2 aromatic carbocycles. The Bertz CT molecular complexity index is 808. The molecule has 0 atom stereocenters. The van der Waals surface area contributed by atoms with Gasteiger partial charge in [-0.15, -0.1) is 0 Å². The summed E-state index contributed by atoms with van der Waals surface area (Å²) < 4.78 is 0. The van der Waals surface area contributed by atoms with E-state index in [4.69, 9.17) is 10.5 Å². The summed E-state index contributed by atoms with van der Waals surface area (Å²) in [6.45, 7) is 1.39. The average molecular weight is 262 g/mol. The number of benzene rings is 2. The monoisotopic (exact) mass is 262 g/mol. The first kappa shape index (κ1) is 13.5. The van der Waals surface area contributed by atoms with Gasteiger partial charge in [0.1, 0.15) is 0 Å². The highest BCUT2D eigenvalue weighted by Crippen LogP contribution is 2.26. The number of Topliss-reactive ketones (excluding diaryl/α,β-unsaturated/α-hetero) is 2. The highest BCUT2D eigenvalue weighted by Gasteiger charge is 2.16. The maximum Gasteiger partial charge on any atom is 0.177 e. The fourth-order valence-corrected chi connectivity index (χ4v) is 2.24. The Hall–Kier alpha value is -2.98. The van der Waals surface area contributed by atoms with Crippen LogP contribution in [-0.2, 0) is 0 Å². The Morgan fingerprint density at radius 1 is 1.10 bits per heavy atom. The van der Waals surface area contributed by atoms with Crippen molar-refractivity contribution in [3.05, 3.63) is 47.0 Å². The molecule has 0 aliphatic heterocycles. The average Bonchev–Trinajstić information content (AvgIpc) is 2.45. The van der Waals surface area contributed by atoms with Crippen LogP contribution in [0.1, 0.15) is 39.6 Å². The van der Waals surface area contributed by atoms with Gasteiger partial charge in [0.25, 0.3) is 0 Å². The molecule has 0 heterocycles. The lowest BCUT2D eigenvalue weighted by Gasteiger charge is -2.09. The minimum absolute atomic E-state index is 0.214. The SMILES string of the molecule is CC(=O)c1c(C#N)ccc2c(C(=O)CC#N)cccc12. The van der Waals surface area contributed by atoms with Gasteiger partial charge in [0.15, 0.2) is 11.6 Å². The van der Waals surface area contributed by atoms with E-state index in [-0.39, 0.29) is 23.6 Å². The van der Waals surface area contributed by atoms with Gasteiger partial charge >= 0.3 is 0 Å². The summed E-state index contributed by atoms with van der Waals surface area (Å²) in [5.74, 6) is -0.519. The molecule has 2 aromatic rings. The van der Waals surface area contributed by atoms with Crippen molar-refractivity contribution in [3.8, 4) is 12.1 Å². The molecule has 0 N–H and O–H groups in total. The van der Waals surface area contributed by atoms with E-state index in [9.17, 15) is 9.59 Å². The topological polar surface area (TPSA) is 81.7 Å². The largest absolute Gasteiger partial charge is 0.294 e. The lowest BCUT2D eigenvalue weighted by molar-refractivity contribution is 0.0994. The number of carbonyl (C=O) groups is 2. The summed E-state index contributed by atoms with van der Waals surface area (Å²) in [5, 5.41) is 18.9. The smallest absolute Gasteiger partial charge is 0.177 e. The minimum atomic E-state index is -0.294. The normalized spacial score (nSPS) is 9.75. The number of hydrogen-bond acceptors (Lipinski definition) is 4. The van der Waals surface area contributed by atoms with Crippen LogP contribution >= 0.6 is 0 Å². The molecule has 0 aliphatic carbocycles. The van der Waals surface area contributed by atoms with Crippen LogP contribution in [0, 0.1) is 22.7 Å². The second-order valence-electron chi connectivity index (χ2n) is 4.31. The molecule has 0 aliphatic rings. The molecule has 0 aromatic heterocycles. The summed E-state index contributed by atoms with van der Waals surface area (Å²) in [7, 11) is 0. The molecular formula is C16H10N2O2. The van der Waals surface area contributed by atoms with Crippen molar-refractivity contribution in [2.24, 2.45) is 0 Å². The van der Waals surface area contributed by atoms with Crippen LogP contribution in [0.25, 0.3) is 10.8 Å². The Labute approximate surface area is 115 Å². The predicted octanol–water partition coefficient (Wildman–Crippen LogP) is 3.01. The Balaban J connectivity index is 2.83. The van der Waals surface area contributed by atoms with E-state index in [2.05, 4.69) is 0 Å². The first-order chi connectivity index (χ1) is 9.60. The van der Waals surface area contributed by atoms with Crippen LogP contribution in [0.2, 0.25) is 0 Å². The second-order valence-corrected chi connectivity index (χ2v) is 4.31. The number of carbonyl (C=O) groups excluding carboxylic acids is 2. The van der Waals surface area contributed by atoms with Gasteiger partial charge in [0.05, 0.1) is 24.1 Å². The molecule has 0 saturated heterocycles. The van der Waals surface area contributed by atoms with Crippen LogP contribution in [0.5, 0.6) is 0 Å². The number of nitriles is 2. The number of hydrogen-bond donors (Lipinski definition) is 0. The van der Waals surface area contributed by atoms with Gasteiger partial charge < -0.3 is 0 Å². The lowest BCUT2D eigenvalue weighted by atomic mass is 9.92. The van der Waals surface area contributed by atoms with E-state index >= 15 is 0 Å². The second kappa shape index (κ2) is 5.34. The van der Waals surface area contributed by atoms with Crippen LogP contribution in [0.3, 0.4) is 0 Å². The molecule has 0 radical (unpaired) electrons. The number of rotatable bonds is 3. The molecule has 0 spiro atoms. The summed E-state index contributed by atoms with van der Waals surface area (Å²) in [6, 6.07) is 12.0. The Morgan fingerprint density at radius 3 is 2.45 bits per heavy atom. The van der Waals surface area contributed by atoms with Crippen molar-refractivity contribution in [1.29, 1.82) is 10.5 Å². The van der Waals surface area contributed by atoms with E-state index in [0.717, 1.165) is 0 Å². The summed E-state index contributed by atoms with van der Waals surface area (Å²) in [6.07, 6.45) is -0.214. The first-order valence-corrected chi connectivity index (χ1v) is 5.97. The first-order valence-electron chi connectivity index (χ1n) is 5.97. The zero-order valence-corrected chi connectivity index (χ0v) is 10.8. The van der Waals surface area contributed by atoms with E-state index in [0.29, 0.717) is 21.9 Å². The predicted molar refractivity (Wildman–Crippen MR) is 73.2 cm³/mol. The molecule has 4 nitrogen and oxygen atoms in total. The van der Waals surface area contributed by atoms with Gasteiger partial charge in [0, 0.05) is 11.1 Å². The van der Waals surface area contributed by atoms with Crippen molar-refractivity contribution in [2.45, 2.75) is 13.3 Å². The lowest BCUT2D eigenvalue weighted by Crippen LogP contribution is -2.03. The van der Waals surface area contributed by atoms with Crippen molar-refractivity contribution in [2.75, 3.05) is 0 Å². The third-order valence-electron chi connectivity index (χ3n) is 3.07. The highest BCUT2D eigenvalue weighted by atomic mass is 16.1. The van der Waals surface area contributed by atoms with Crippen molar-refractivity contribution in [3.63, 3.8) is 0 Å². The van der Waals surface area contributed by atoms with Gasteiger partial charge in [-0.2, -0.15) is 10.5 Å². The van der Waals surface area contributed by atoms with Gasteiger partial charge in [-0.1, -0.05) is 24.3 Å². The third-order valence-corrected chi connectivity index (χ3v) is 3.07. The summed E-state index contributed by atoms with van der Waals surface area (Å²) >= 11 is 0. The molecule has 0 bridgehead atoms. The van der Waals surface area contributed by atoms with E-state index in [1.807, 2.05) is 12.1 Å². The summed E-state index contributed by atoms with van der Waals surface area (Å²) in [5.41, 5.74) is 1.00. The molecule has 96 valence electrons. The van der Waals surface area contributed by atoms with E-state index in [1.54, 1.807) is 24.3 Å². The van der Waals surface area contributed by atoms with E-state index in [1.165, 1.54) is 13.0 Å². The zero-order valence-electron chi connectivity index (χ0n) is 10.8. The molecule has 0 saturated carbocycles. The fraction of sp³-hybridized carbons (Fsp3) is 0.125. The third kappa shape index (κ3) is 2.15. The van der Waals surface area contributed by atoms with Crippen LogP contribution in [0.15, 0.2) is 30.3 Å². The van der Waals surface area contributed by atoms with Crippen molar-refractivity contribution in [1.82, 2.24) is 0 Å². The molecule has 0 fully saturated rings. The number of nitrogens with zero attached hydrogens (tertiary/aromatic N) is 2. The highest BCUT2D eigenvalue weighted by molar-refractivity contribution is 6.15. The minimum Gasteiger partial charge on any atom is -0.294 e. The zero-order chi connectivity index (χ0) is 14.7. The summed E-state index contributed by atoms with van der Waals surface area (Å²) in [4.78, 5) is 23.7. The van der Waals surface area contributed by atoms with Gasteiger partial charge in [-0.05, 0) is 23.8 Å². The molecular weight excluding hydrogens is 252 g/mol. The number of ketones is 2. The Morgan fingerprint density at radius 2 is 1.85 bits per heavy atom. The van der Waals surface area contributed by atoms with Crippen LogP contribution in [0.4, 0.5) is 0 Å². The van der Waals surface area contributed by atoms with Crippen LogP contribution in [-0.4, -0.2) is 11.6 Å². The molecule has 0 amide bonds. The van der Waals surface area contributed by atoms with Crippen LogP contribution < -0.4 is 0 Å². The number of fused-ring (bicyclic) bond motifs is 1. The van der Waals surface area contributed by atoms with Crippen molar-refractivity contribution >= 4 is 22.3 Å². The quantitative estimate of drug-likeness (QED) is 0.796. The Kier molecular flexibility index (Phi) is 3.59. The van der Waals surface area contributed by atoms with Gasteiger partial charge in [-0.3, -0.25) is 9.59 Å². The molecule has 20 heavy (non-hydrogen) atoms. The standard InChI is InChI=1S/C16H10N2O2/c1-10(19)16-11(9-18)5-6-12-13(15(20)7-8-17)3-2-4-14(12)16/h2-6H,7H2,1H3. The van der Waals surface area contributed by atoms with Gasteiger partial charge in [-0.25, -0.2) is 0 Å². The molecule has 2 rings (SSSR count). The molecule has 0 unspecified atom stereocenters. The molecule has 4 heteroatoms. The van der Waals surface area contributed by atoms with Gasteiger partial charge in [0.2, 0.25) is 0 Å².